The maximum atomic E-state index is 6.07. The van der Waals surface area contributed by atoms with E-state index >= 15 is 0 Å². The Morgan fingerprint density at radius 2 is 1.92 bits per heavy atom. The number of benzene rings is 2. The van der Waals surface area contributed by atoms with Gasteiger partial charge in [0, 0.05) is 5.39 Å². The number of nitrogens with zero attached hydrogens (tertiary/aromatic N) is 5. The summed E-state index contributed by atoms with van der Waals surface area (Å²) < 4.78 is 1.99. The highest BCUT2D eigenvalue weighted by Gasteiger charge is 2.12. The highest BCUT2D eigenvalue weighted by Crippen LogP contribution is 2.26. The molecule has 130 valence electrons. The number of thioether (sulfide) groups is 1. The third-order valence-electron chi connectivity index (χ3n) is 4.14. The van der Waals surface area contributed by atoms with E-state index in [2.05, 4.69) is 52.2 Å². The molecule has 2 N–H and O–H groups in total. The van der Waals surface area contributed by atoms with Crippen LogP contribution in [0.5, 0.6) is 0 Å². The lowest BCUT2D eigenvalue weighted by Gasteiger charge is -2.10. The van der Waals surface area contributed by atoms with Crippen LogP contribution in [0.1, 0.15) is 17.0 Å². The van der Waals surface area contributed by atoms with Crippen LogP contribution in [0.25, 0.3) is 16.6 Å². The number of nitrogens with two attached hydrogens (primary N) is 1. The van der Waals surface area contributed by atoms with Crippen molar-refractivity contribution in [3.05, 3.63) is 65.7 Å². The Hall–Kier alpha value is -2.93. The van der Waals surface area contributed by atoms with Gasteiger partial charge in [0.15, 0.2) is 5.16 Å². The van der Waals surface area contributed by atoms with E-state index in [1.807, 2.05) is 28.8 Å². The number of para-hydroxylation sites is 1. The highest BCUT2D eigenvalue weighted by atomic mass is 32.2. The Morgan fingerprint density at radius 1 is 1.08 bits per heavy atom. The lowest BCUT2D eigenvalue weighted by Crippen LogP contribution is -2.01. The van der Waals surface area contributed by atoms with Crippen molar-refractivity contribution in [2.45, 2.75) is 24.8 Å². The van der Waals surface area contributed by atoms with Crippen molar-refractivity contribution in [1.29, 1.82) is 0 Å². The predicted octanol–water partition coefficient (Wildman–Crippen LogP) is 3.70. The van der Waals surface area contributed by atoms with E-state index in [1.54, 1.807) is 18.1 Å². The topological polar surface area (TPSA) is 82.5 Å². The summed E-state index contributed by atoms with van der Waals surface area (Å²) in [5.74, 6) is 1.75. The Labute approximate surface area is 155 Å². The molecule has 0 saturated heterocycles. The summed E-state index contributed by atoms with van der Waals surface area (Å²) in [5.41, 5.74) is 10.4. The molecule has 2 aromatic heterocycles. The minimum atomic E-state index is 0.502. The van der Waals surface area contributed by atoms with Gasteiger partial charge in [-0.15, -0.1) is 10.2 Å². The van der Waals surface area contributed by atoms with Crippen molar-refractivity contribution in [2.24, 2.45) is 0 Å². The van der Waals surface area contributed by atoms with E-state index in [4.69, 9.17) is 5.73 Å². The number of aryl methyl sites for hydroxylation is 2. The van der Waals surface area contributed by atoms with Crippen molar-refractivity contribution in [3.8, 4) is 5.69 Å². The van der Waals surface area contributed by atoms with Crippen LogP contribution in [-0.4, -0.2) is 24.7 Å². The monoisotopic (exact) mass is 362 g/mol. The van der Waals surface area contributed by atoms with Gasteiger partial charge in [-0.3, -0.25) is 4.57 Å². The highest BCUT2D eigenvalue weighted by molar-refractivity contribution is 7.98. The van der Waals surface area contributed by atoms with E-state index in [0.717, 1.165) is 21.7 Å². The van der Waals surface area contributed by atoms with Crippen LogP contribution in [0.3, 0.4) is 0 Å². The maximum Gasteiger partial charge on any atom is 0.196 e. The predicted molar refractivity (Wildman–Crippen MR) is 104 cm³/mol. The van der Waals surface area contributed by atoms with E-state index in [9.17, 15) is 0 Å². The third kappa shape index (κ3) is 3.13. The van der Waals surface area contributed by atoms with Crippen LogP contribution in [0, 0.1) is 13.8 Å². The number of hydrogen-bond acceptors (Lipinski definition) is 6. The summed E-state index contributed by atoms with van der Waals surface area (Å²) >= 11 is 1.54. The van der Waals surface area contributed by atoms with Crippen LogP contribution in [0.2, 0.25) is 0 Å². The molecule has 4 aromatic rings. The maximum absolute atomic E-state index is 6.07. The summed E-state index contributed by atoms with van der Waals surface area (Å²) in [6, 6.07) is 14.1. The average molecular weight is 362 g/mol. The number of aromatic nitrogens is 5. The Bertz CT molecular complexity index is 1090. The molecule has 26 heavy (non-hydrogen) atoms. The fourth-order valence-corrected chi connectivity index (χ4v) is 3.69. The molecule has 0 spiro atoms. The van der Waals surface area contributed by atoms with Gasteiger partial charge < -0.3 is 5.73 Å². The van der Waals surface area contributed by atoms with Crippen LogP contribution in [0.15, 0.2) is 53.9 Å². The van der Waals surface area contributed by atoms with Gasteiger partial charge in [-0.05, 0) is 37.6 Å². The number of hydrogen-bond donors (Lipinski definition) is 1. The molecule has 0 atom stereocenters. The fraction of sp³-hybridized carbons (Fsp3) is 0.158. The molecule has 2 heterocycles. The van der Waals surface area contributed by atoms with Gasteiger partial charge in [-0.2, -0.15) is 0 Å². The second-order valence-electron chi connectivity index (χ2n) is 6.10. The van der Waals surface area contributed by atoms with Crippen molar-refractivity contribution in [1.82, 2.24) is 24.7 Å². The quantitative estimate of drug-likeness (QED) is 0.557. The van der Waals surface area contributed by atoms with Gasteiger partial charge in [0.1, 0.15) is 18.0 Å². The summed E-state index contributed by atoms with van der Waals surface area (Å²) in [5, 5.41) is 9.99. The van der Waals surface area contributed by atoms with Crippen LogP contribution in [0.4, 0.5) is 5.82 Å². The van der Waals surface area contributed by atoms with Gasteiger partial charge in [0.25, 0.3) is 0 Å². The van der Waals surface area contributed by atoms with Gasteiger partial charge in [-0.25, -0.2) is 9.97 Å². The smallest absolute Gasteiger partial charge is 0.196 e. The summed E-state index contributed by atoms with van der Waals surface area (Å²) in [7, 11) is 0. The fourth-order valence-electron chi connectivity index (χ4n) is 2.91. The van der Waals surface area contributed by atoms with E-state index in [1.165, 1.54) is 11.1 Å². The van der Waals surface area contributed by atoms with E-state index < -0.39 is 0 Å². The largest absolute Gasteiger partial charge is 0.383 e. The minimum absolute atomic E-state index is 0.502. The SMILES string of the molecule is Cc1ccc(-n2cnnc2SCc2nc(N)c3ccccc3n2)c(C)c1. The lowest BCUT2D eigenvalue weighted by atomic mass is 10.1. The molecule has 0 fully saturated rings. The first-order chi connectivity index (χ1) is 12.6. The van der Waals surface area contributed by atoms with Crippen LogP contribution >= 0.6 is 11.8 Å². The van der Waals surface area contributed by atoms with Crippen molar-refractivity contribution >= 4 is 28.5 Å². The van der Waals surface area contributed by atoms with Gasteiger partial charge in [0.05, 0.1) is 17.0 Å². The van der Waals surface area contributed by atoms with E-state index in [-0.39, 0.29) is 0 Å². The zero-order valence-corrected chi connectivity index (χ0v) is 15.4. The molecule has 4 rings (SSSR count). The lowest BCUT2D eigenvalue weighted by molar-refractivity contribution is 0.875. The second-order valence-corrected chi connectivity index (χ2v) is 7.05. The zero-order valence-electron chi connectivity index (χ0n) is 14.5. The summed E-state index contributed by atoms with van der Waals surface area (Å²) in [4.78, 5) is 9.02. The standard InChI is InChI=1S/C19H18N6S/c1-12-7-8-16(13(2)9-12)25-11-21-24-19(25)26-10-17-22-15-6-4-3-5-14(15)18(20)23-17/h3-9,11H,10H2,1-2H3,(H2,20,22,23). The van der Waals surface area contributed by atoms with Crippen molar-refractivity contribution < 1.29 is 0 Å². The second kappa shape index (κ2) is 6.76. The Kier molecular flexibility index (Phi) is 4.30. The third-order valence-corrected chi connectivity index (χ3v) is 5.08. The van der Waals surface area contributed by atoms with E-state index in [0.29, 0.717) is 17.4 Å². The molecule has 0 aliphatic rings. The average Bonchev–Trinajstić information content (AvgIpc) is 3.08. The molecule has 0 unspecified atom stereocenters. The number of nitrogen functional groups attached to an aromatic ring is 1. The molecule has 7 heteroatoms. The molecule has 0 saturated carbocycles. The first kappa shape index (κ1) is 16.5. The molecule has 0 aliphatic heterocycles. The molecule has 0 aliphatic carbocycles. The number of fused-ring (bicyclic) bond motifs is 1. The summed E-state index contributed by atoms with van der Waals surface area (Å²) in [6.45, 7) is 4.17. The van der Waals surface area contributed by atoms with Gasteiger partial charge >= 0.3 is 0 Å². The molecule has 2 aromatic carbocycles. The van der Waals surface area contributed by atoms with Crippen molar-refractivity contribution in [3.63, 3.8) is 0 Å². The minimum Gasteiger partial charge on any atom is -0.383 e. The molecule has 0 radical (unpaired) electrons. The Balaban J connectivity index is 1.61. The summed E-state index contributed by atoms with van der Waals surface area (Å²) in [6.07, 6.45) is 1.73. The van der Waals surface area contributed by atoms with Crippen molar-refractivity contribution in [2.75, 3.05) is 5.73 Å². The molecule has 0 amide bonds. The van der Waals surface area contributed by atoms with Crippen LogP contribution in [-0.2, 0) is 5.75 Å². The normalized spacial score (nSPS) is 11.2. The number of rotatable bonds is 4. The van der Waals surface area contributed by atoms with Gasteiger partial charge in [0.2, 0.25) is 0 Å². The first-order valence-corrected chi connectivity index (χ1v) is 9.22. The zero-order chi connectivity index (χ0) is 18.1. The van der Waals surface area contributed by atoms with Crippen LogP contribution < -0.4 is 5.73 Å². The first-order valence-electron chi connectivity index (χ1n) is 8.23. The molecular weight excluding hydrogens is 344 g/mol. The van der Waals surface area contributed by atoms with Gasteiger partial charge in [-0.1, -0.05) is 41.6 Å². The number of anilines is 1. The Morgan fingerprint density at radius 3 is 2.77 bits per heavy atom. The molecule has 0 bridgehead atoms. The molecule has 6 nitrogen and oxygen atoms in total. The molecular formula is C19H18N6S.